The minimum atomic E-state index is -0.343. The van der Waals surface area contributed by atoms with Gasteiger partial charge in [-0.3, -0.25) is 4.79 Å². The highest BCUT2D eigenvalue weighted by molar-refractivity contribution is 5.96. The number of hydrogen-bond donors (Lipinski definition) is 2. The van der Waals surface area contributed by atoms with E-state index in [0.29, 0.717) is 29.5 Å². The van der Waals surface area contributed by atoms with Crippen LogP contribution in [-0.4, -0.2) is 56.3 Å². The number of aryl methyl sites for hydroxylation is 1. The lowest BCUT2D eigenvalue weighted by molar-refractivity contribution is 0.0780. The van der Waals surface area contributed by atoms with Crippen molar-refractivity contribution in [1.29, 1.82) is 0 Å². The maximum absolute atomic E-state index is 12.7. The fourth-order valence-corrected chi connectivity index (χ4v) is 5.55. The summed E-state index contributed by atoms with van der Waals surface area (Å²) in [6.45, 7) is 2.26. The molecule has 1 saturated heterocycles. The molecule has 166 valence electrons. The third-order valence-corrected chi connectivity index (χ3v) is 7.65. The van der Waals surface area contributed by atoms with Crippen molar-refractivity contribution in [2.45, 2.75) is 43.6 Å². The van der Waals surface area contributed by atoms with Crippen molar-refractivity contribution >= 4 is 22.9 Å². The van der Waals surface area contributed by atoms with Gasteiger partial charge in [0.05, 0.1) is 6.10 Å². The summed E-state index contributed by atoms with van der Waals surface area (Å²) in [5.74, 6) is 1.59. The maximum Gasteiger partial charge on any atom is 0.287 e. The topological polar surface area (TPSA) is 96.2 Å². The van der Waals surface area contributed by atoms with E-state index in [0.717, 1.165) is 38.2 Å². The number of piperidine rings is 1. The van der Waals surface area contributed by atoms with Crippen LogP contribution < -0.4 is 10.2 Å². The van der Waals surface area contributed by atoms with Crippen molar-refractivity contribution in [3.05, 3.63) is 47.5 Å². The summed E-state index contributed by atoms with van der Waals surface area (Å²) in [5, 5.41) is 13.9. The molecule has 1 unspecified atom stereocenters. The smallest absolute Gasteiger partial charge is 0.287 e. The third kappa shape index (κ3) is 3.00. The molecule has 1 aliphatic heterocycles. The Balaban J connectivity index is 1.27. The first-order chi connectivity index (χ1) is 15.6. The van der Waals surface area contributed by atoms with Crippen molar-refractivity contribution in [3.63, 3.8) is 0 Å². The highest BCUT2D eigenvalue weighted by atomic mass is 16.3. The van der Waals surface area contributed by atoms with E-state index in [2.05, 4.69) is 49.4 Å². The molecule has 2 fully saturated rings. The number of amides is 1. The standard InChI is InChI=1S/C24H28N6O2/c1-29-20-19(28-22(29)23(32)25-13-15-6-7-15)21(27-14-26-20)30-10-8-24(9-11-30)17-5-3-2-4-16(17)12-18(24)31/h2-5,14-15,18,31H,6-13H2,1H3,(H,25,32). The van der Waals surface area contributed by atoms with Crippen LogP contribution in [-0.2, 0) is 18.9 Å². The van der Waals surface area contributed by atoms with Crippen LogP contribution in [0, 0.1) is 5.92 Å². The molecule has 2 N–H and O–H groups in total. The number of aliphatic hydroxyl groups excluding tert-OH is 1. The number of carbonyl (C=O) groups excluding carboxylic acids is 1. The van der Waals surface area contributed by atoms with Gasteiger partial charge in [-0.15, -0.1) is 0 Å². The molecule has 6 rings (SSSR count). The van der Waals surface area contributed by atoms with E-state index in [1.54, 1.807) is 10.9 Å². The zero-order chi connectivity index (χ0) is 21.9. The molecule has 1 atom stereocenters. The minimum Gasteiger partial charge on any atom is -0.392 e. The molecule has 1 amide bonds. The molecule has 2 aliphatic carbocycles. The van der Waals surface area contributed by atoms with Gasteiger partial charge in [-0.2, -0.15) is 0 Å². The molecular formula is C24H28N6O2. The van der Waals surface area contributed by atoms with Gasteiger partial charge < -0.3 is 19.9 Å². The number of fused-ring (bicyclic) bond motifs is 3. The Hall–Kier alpha value is -3.00. The number of imidazole rings is 1. The zero-order valence-electron chi connectivity index (χ0n) is 18.3. The number of nitrogens with one attached hydrogen (secondary N) is 1. The number of aromatic nitrogens is 4. The Kier molecular flexibility index (Phi) is 4.47. The van der Waals surface area contributed by atoms with Crippen molar-refractivity contribution in [2.75, 3.05) is 24.5 Å². The summed E-state index contributed by atoms with van der Waals surface area (Å²) in [6.07, 6.45) is 6.03. The van der Waals surface area contributed by atoms with Gasteiger partial charge in [0, 0.05) is 32.1 Å². The Bertz CT molecular complexity index is 1190. The SMILES string of the molecule is Cn1c(C(=O)NCC2CC2)nc2c(N3CCC4(CC3)c3ccccc3CC4O)ncnc21. The van der Waals surface area contributed by atoms with Crippen LogP contribution in [0.2, 0.25) is 0 Å². The van der Waals surface area contributed by atoms with Crippen LogP contribution in [0.15, 0.2) is 30.6 Å². The van der Waals surface area contributed by atoms with Gasteiger partial charge in [0.15, 0.2) is 17.0 Å². The number of nitrogens with zero attached hydrogens (tertiary/aromatic N) is 5. The quantitative estimate of drug-likeness (QED) is 0.654. The van der Waals surface area contributed by atoms with E-state index in [1.165, 1.54) is 24.0 Å². The highest BCUT2D eigenvalue weighted by Gasteiger charge is 2.47. The van der Waals surface area contributed by atoms with Gasteiger partial charge in [0.2, 0.25) is 5.82 Å². The normalized spacial score (nSPS) is 21.8. The van der Waals surface area contributed by atoms with E-state index in [-0.39, 0.29) is 17.4 Å². The first-order valence-corrected chi connectivity index (χ1v) is 11.5. The summed E-state index contributed by atoms with van der Waals surface area (Å²) in [7, 11) is 1.83. The van der Waals surface area contributed by atoms with Crippen molar-refractivity contribution in [1.82, 2.24) is 24.8 Å². The zero-order valence-corrected chi connectivity index (χ0v) is 18.3. The third-order valence-electron chi connectivity index (χ3n) is 7.65. The lowest BCUT2D eigenvalue weighted by Crippen LogP contribution is -2.47. The van der Waals surface area contributed by atoms with Crippen LogP contribution in [0.4, 0.5) is 5.82 Å². The molecule has 1 spiro atoms. The van der Waals surface area contributed by atoms with Gasteiger partial charge in [0.1, 0.15) is 6.33 Å². The number of hydrogen-bond acceptors (Lipinski definition) is 6. The lowest BCUT2D eigenvalue weighted by Gasteiger charge is -2.42. The summed E-state index contributed by atoms with van der Waals surface area (Å²) in [5.41, 5.74) is 3.71. The van der Waals surface area contributed by atoms with Crippen LogP contribution in [0.1, 0.15) is 47.4 Å². The molecule has 3 aromatic rings. The largest absolute Gasteiger partial charge is 0.392 e. The summed E-state index contributed by atoms with van der Waals surface area (Å²) in [6, 6.07) is 8.44. The van der Waals surface area contributed by atoms with Gasteiger partial charge >= 0.3 is 0 Å². The van der Waals surface area contributed by atoms with Gasteiger partial charge in [-0.1, -0.05) is 24.3 Å². The molecule has 1 aromatic carbocycles. The van der Waals surface area contributed by atoms with Crippen molar-refractivity contribution in [2.24, 2.45) is 13.0 Å². The second kappa shape index (κ2) is 7.27. The monoisotopic (exact) mass is 432 g/mol. The second-order valence-corrected chi connectivity index (χ2v) is 9.54. The van der Waals surface area contributed by atoms with Crippen LogP contribution in [0.25, 0.3) is 11.2 Å². The van der Waals surface area contributed by atoms with Gasteiger partial charge in [-0.05, 0) is 49.1 Å². The van der Waals surface area contributed by atoms with Crippen LogP contribution in [0.3, 0.4) is 0 Å². The Labute approximate surface area is 186 Å². The summed E-state index contributed by atoms with van der Waals surface area (Å²) >= 11 is 0. The van der Waals surface area contributed by atoms with E-state index >= 15 is 0 Å². The number of aliphatic hydroxyl groups is 1. The number of benzene rings is 1. The van der Waals surface area contributed by atoms with E-state index < -0.39 is 0 Å². The molecule has 0 radical (unpaired) electrons. The lowest BCUT2D eigenvalue weighted by atomic mass is 9.72. The predicted molar refractivity (Wildman–Crippen MR) is 121 cm³/mol. The molecule has 3 aliphatic rings. The minimum absolute atomic E-state index is 0.161. The van der Waals surface area contributed by atoms with Crippen LogP contribution in [0.5, 0.6) is 0 Å². The molecular weight excluding hydrogens is 404 g/mol. The van der Waals surface area contributed by atoms with Gasteiger partial charge in [0.25, 0.3) is 5.91 Å². The molecule has 3 heterocycles. The molecule has 2 aromatic heterocycles. The maximum atomic E-state index is 12.7. The van der Waals surface area contributed by atoms with Crippen molar-refractivity contribution in [3.8, 4) is 0 Å². The fourth-order valence-electron chi connectivity index (χ4n) is 5.55. The number of rotatable bonds is 4. The Morgan fingerprint density at radius 1 is 1.22 bits per heavy atom. The van der Waals surface area contributed by atoms with E-state index in [4.69, 9.17) is 0 Å². The van der Waals surface area contributed by atoms with Gasteiger partial charge in [-0.25, -0.2) is 15.0 Å². The van der Waals surface area contributed by atoms with E-state index in [1.807, 2.05) is 7.05 Å². The fraction of sp³-hybridized carbons (Fsp3) is 0.500. The van der Waals surface area contributed by atoms with Crippen LogP contribution >= 0.6 is 0 Å². The molecule has 32 heavy (non-hydrogen) atoms. The highest BCUT2D eigenvalue weighted by Crippen LogP contribution is 2.47. The number of carbonyl (C=O) groups is 1. The predicted octanol–water partition coefficient (Wildman–Crippen LogP) is 1.96. The first-order valence-electron chi connectivity index (χ1n) is 11.5. The summed E-state index contributed by atoms with van der Waals surface area (Å²) in [4.78, 5) is 28.5. The average molecular weight is 433 g/mol. The molecule has 8 nitrogen and oxygen atoms in total. The van der Waals surface area contributed by atoms with E-state index in [9.17, 15) is 9.90 Å². The molecule has 0 bridgehead atoms. The number of anilines is 1. The first kappa shape index (κ1) is 19.7. The second-order valence-electron chi connectivity index (χ2n) is 9.54. The summed E-state index contributed by atoms with van der Waals surface area (Å²) < 4.78 is 1.76. The molecule has 1 saturated carbocycles. The average Bonchev–Trinajstić information content (AvgIpc) is 3.54. The Morgan fingerprint density at radius 3 is 2.78 bits per heavy atom. The van der Waals surface area contributed by atoms with Crippen molar-refractivity contribution < 1.29 is 9.90 Å². The Morgan fingerprint density at radius 2 is 2.00 bits per heavy atom. The molecule has 8 heteroatoms.